The van der Waals surface area contributed by atoms with E-state index in [1.165, 1.54) is 32.1 Å². The van der Waals surface area contributed by atoms with E-state index in [1.807, 2.05) is 6.07 Å². The number of anilines is 2. The number of nitrogens with two attached hydrogens (primary N) is 1. The van der Waals surface area contributed by atoms with Crippen LogP contribution in [0.15, 0.2) is 16.7 Å². The van der Waals surface area contributed by atoms with E-state index in [1.54, 1.807) is 6.20 Å². The highest BCUT2D eigenvalue weighted by Gasteiger charge is 2.19. The van der Waals surface area contributed by atoms with Crippen molar-refractivity contribution in [1.82, 2.24) is 4.98 Å². The first kappa shape index (κ1) is 13.7. The summed E-state index contributed by atoms with van der Waals surface area (Å²) in [5.74, 6) is 2.55. The Kier molecular flexibility index (Phi) is 4.87. The Morgan fingerprint density at radius 1 is 1.33 bits per heavy atom. The number of nitrogens with one attached hydrogen (secondary N) is 1. The summed E-state index contributed by atoms with van der Waals surface area (Å²) in [7, 11) is 0. The SMILES string of the molecule is CCC1CCC(CNc2ncc(Br)cc2N)CC1. The molecule has 1 fully saturated rings. The Morgan fingerprint density at radius 3 is 2.61 bits per heavy atom. The Hall–Kier alpha value is -0.770. The molecule has 1 aromatic rings. The van der Waals surface area contributed by atoms with Crippen molar-refractivity contribution in [3.63, 3.8) is 0 Å². The quantitative estimate of drug-likeness (QED) is 0.881. The van der Waals surface area contributed by atoms with Crippen LogP contribution in [0, 0.1) is 11.8 Å². The minimum atomic E-state index is 0.714. The molecule has 0 aliphatic heterocycles. The third kappa shape index (κ3) is 3.61. The van der Waals surface area contributed by atoms with Gasteiger partial charge in [0.25, 0.3) is 0 Å². The lowest BCUT2D eigenvalue weighted by Gasteiger charge is -2.28. The summed E-state index contributed by atoms with van der Waals surface area (Å²) in [6.45, 7) is 3.30. The average Bonchev–Trinajstić information content (AvgIpc) is 2.38. The van der Waals surface area contributed by atoms with Gasteiger partial charge in [-0.25, -0.2) is 4.98 Å². The minimum Gasteiger partial charge on any atom is -0.396 e. The smallest absolute Gasteiger partial charge is 0.149 e. The summed E-state index contributed by atoms with van der Waals surface area (Å²) in [6, 6.07) is 1.89. The molecule has 100 valence electrons. The van der Waals surface area contributed by atoms with Gasteiger partial charge in [-0.3, -0.25) is 0 Å². The summed E-state index contributed by atoms with van der Waals surface area (Å²) >= 11 is 3.37. The van der Waals surface area contributed by atoms with Crippen molar-refractivity contribution in [2.75, 3.05) is 17.6 Å². The van der Waals surface area contributed by atoms with E-state index in [2.05, 4.69) is 33.2 Å². The van der Waals surface area contributed by atoms with Gasteiger partial charge in [0.1, 0.15) is 5.82 Å². The maximum absolute atomic E-state index is 5.93. The second kappa shape index (κ2) is 6.41. The molecule has 2 rings (SSSR count). The van der Waals surface area contributed by atoms with Crippen LogP contribution < -0.4 is 11.1 Å². The van der Waals surface area contributed by atoms with E-state index < -0.39 is 0 Å². The van der Waals surface area contributed by atoms with Gasteiger partial charge >= 0.3 is 0 Å². The highest BCUT2D eigenvalue weighted by Crippen LogP contribution is 2.31. The Balaban J connectivity index is 1.81. The highest BCUT2D eigenvalue weighted by molar-refractivity contribution is 9.10. The van der Waals surface area contributed by atoms with Crippen LogP contribution in [0.3, 0.4) is 0 Å². The molecule has 1 aromatic heterocycles. The van der Waals surface area contributed by atoms with E-state index >= 15 is 0 Å². The average molecular weight is 312 g/mol. The fourth-order valence-electron chi connectivity index (χ4n) is 2.69. The van der Waals surface area contributed by atoms with Crippen molar-refractivity contribution >= 4 is 27.4 Å². The zero-order valence-corrected chi connectivity index (χ0v) is 12.5. The van der Waals surface area contributed by atoms with E-state index in [9.17, 15) is 0 Å². The zero-order valence-electron chi connectivity index (χ0n) is 11.0. The molecule has 4 heteroatoms. The molecule has 0 spiro atoms. The van der Waals surface area contributed by atoms with E-state index in [0.29, 0.717) is 5.69 Å². The Bertz CT molecular complexity index is 387. The number of hydrogen-bond donors (Lipinski definition) is 2. The van der Waals surface area contributed by atoms with Crippen LogP contribution in [0.1, 0.15) is 39.0 Å². The minimum absolute atomic E-state index is 0.714. The Labute approximate surface area is 118 Å². The van der Waals surface area contributed by atoms with Crippen LogP contribution in [0.2, 0.25) is 0 Å². The number of hydrogen-bond acceptors (Lipinski definition) is 3. The van der Waals surface area contributed by atoms with Crippen LogP contribution in [0.5, 0.6) is 0 Å². The normalized spacial score (nSPS) is 23.9. The second-order valence-corrected chi connectivity index (χ2v) is 6.18. The molecule has 0 radical (unpaired) electrons. The largest absolute Gasteiger partial charge is 0.396 e. The molecule has 0 unspecified atom stereocenters. The first-order valence-corrected chi connectivity index (χ1v) is 7.63. The monoisotopic (exact) mass is 311 g/mol. The summed E-state index contributed by atoms with van der Waals surface area (Å²) < 4.78 is 0.925. The molecule has 1 saturated carbocycles. The topological polar surface area (TPSA) is 50.9 Å². The third-order valence-electron chi connectivity index (χ3n) is 3.99. The van der Waals surface area contributed by atoms with E-state index in [0.717, 1.165) is 28.7 Å². The molecule has 0 aromatic carbocycles. The highest BCUT2D eigenvalue weighted by atomic mass is 79.9. The summed E-state index contributed by atoms with van der Waals surface area (Å²) in [4.78, 5) is 4.31. The van der Waals surface area contributed by atoms with Crippen LogP contribution in [0.4, 0.5) is 11.5 Å². The lowest BCUT2D eigenvalue weighted by Crippen LogP contribution is -2.21. The third-order valence-corrected chi connectivity index (χ3v) is 4.42. The van der Waals surface area contributed by atoms with E-state index in [4.69, 9.17) is 5.73 Å². The number of nitrogen functional groups attached to an aromatic ring is 1. The first-order valence-electron chi connectivity index (χ1n) is 6.84. The molecule has 0 bridgehead atoms. The maximum atomic E-state index is 5.93. The summed E-state index contributed by atoms with van der Waals surface area (Å²) in [5.41, 5.74) is 6.64. The van der Waals surface area contributed by atoms with Crippen LogP contribution in [0.25, 0.3) is 0 Å². The molecule has 3 N–H and O–H groups in total. The molecule has 0 amide bonds. The van der Waals surface area contributed by atoms with E-state index in [-0.39, 0.29) is 0 Å². The van der Waals surface area contributed by atoms with Crippen molar-refractivity contribution in [1.29, 1.82) is 0 Å². The van der Waals surface area contributed by atoms with Gasteiger partial charge in [-0.15, -0.1) is 0 Å². The predicted molar refractivity (Wildman–Crippen MR) is 80.6 cm³/mol. The van der Waals surface area contributed by atoms with Gasteiger partial charge in [0.2, 0.25) is 0 Å². The number of pyridine rings is 1. The van der Waals surface area contributed by atoms with Crippen molar-refractivity contribution in [2.45, 2.75) is 39.0 Å². The molecule has 18 heavy (non-hydrogen) atoms. The fourth-order valence-corrected chi connectivity index (χ4v) is 3.04. The molecule has 0 atom stereocenters. The summed E-state index contributed by atoms with van der Waals surface area (Å²) in [5, 5.41) is 3.39. The van der Waals surface area contributed by atoms with Gasteiger partial charge in [-0.1, -0.05) is 26.2 Å². The number of nitrogens with zero attached hydrogens (tertiary/aromatic N) is 1. The van der Waals surface area contributed by atoms with Gasteiger partial charge in [0.05, 0.1) is 5.69 Å². The summed E-state index contributed by atoms with van der Waals surface area (Å²) in [6.07, 6.45) is 8.55. The molecule has 0 saturated heterocycles. The van der Waals surface area contributed by atoms with Gasteiger partial charge in [-0.05, 0) is 46.7 Å². The van der Waals surface area contributed by atoms with Gasteiger partial charge in [-0.2, -0.15) is 0 Å². The van der Waals surface area contributed by atoms with Crippen molar-refractivity contribution in [2.24, 2.45) is 11.8 Å². The Morgan fingerprint density at radius 2 is 2.00 bits per heavy atom. The van der Waals surface area contributed by atoms with Crippen molar-refractivity contribution in [3.8, 4) is 0 Å². The van der Waals surface area contributed by atoms with Gasteiger partial charge in [0, 0.05) is 17.2 Å². The molecule has 1 aliphatic rings. The molecular formula is C14H22BrN3. The molecule has 3 nitrogen and oxygen atoms in total. The van der Waals surface area contributed by atoms with Crippen LogP contribution in [-0.2, 0) is 0 Å². The lowest BCUT2D eigenvalue weighted by atomic mass is 9.81. The van der Waals surface area contributed by atoms with Gasteiger partial charge in [0.15, 0.2) is 0 Å². The van der Waals surface area contributed by atoms with Crippen LogP contribution in [-0.4, -0.2) is 11.5 Å². The van der Waals surface area contributed by atoms with Crippen molar-refractivity contribution < 1.29 is 0 Å². The predicted octanol–water partition coefficient (Wildman–Crippen LogP) is 4.05. The number of halogens is 1. The van der Waals surface area contributed by atoms with Crippen molar-refractivity contribution in [3.05, 3.63) is 16.7 Å². The fraction of sp³-hybridized carbons (Fsp3) is 0.643. The lowest BCUT2D eigenvalue weighted by molar-refractivity contribution is 0.278. The van der Waals surface area contributed by atoms with Crippen LogP contribution >= 0.6 is 15.9 Å². The number of rotatable bonds is 4. The second-order valence-electron chi connectivity index (χ2n) is 5.27. The molecule has 1 heterocycles. The first-order chi connectivity index (χ1) is 8.69. The zero-order chi connectivity index (χ0) is 13.0. The van der Waals surface area contributed by atoms with Gasteiger partial charge < -0.3 is 11.1 Å². The maximum Gasteiger partial charge on any atom is 0.149 e. The molecular weight excluding hydrogens is 290 g/mol. The standard InChI is InChI=1S/C14H22BrN3/c1-2-10-3-5-11(6-4-10)8-17-14-13(16)7-12(15)9-18-14/h7,9-11H,2-6,8,16H2,1H3,(H,17,18). The number of aromatic nitrogens is 1. The molecule has 1 aliphatic carbocycles.